The number of rotatable bonds is 3. The largest absolute Gasteiger partial charge is 0.392 e. The molecule has 0 spiro atoms. The van der Waals surface area contributed by atoms with Crippen LogP contribution >= 0.6 is 11.6 Å². The minimum atomic E-state index is -0.567. The van der Waals surface area contributed by atoms with Crippen molar-refractivity contribution in [2.24, 2.45) is 0 Å². The fourth-order valence-corrected chi connectivity index (χ4v) is 2.91. The van der Waals surface area contributed by atoms with Crippen LogP contribution in [0.3, 0.4) is 0 Å². The van der Waals surface area contributed by atoms with E-state index in [1.807, 2.05) is 18.2 Å². The quantitative estimate of drug-likeness (QED) is 0.906. The summed E-state index contributed by atoms with van der Waals surface area (Å²) >= 11 is 5.75. The first-order valence-corrected chi connectivity index (χ1v) is 6.73. The Morgan fingerprint density at radius 1 is 1.21 bits per heavy atom. The van der Waals surface area contributed by atoms with Gasteiger partial charge >= 0.3 is 0 Å². The zero-order chi connectivity index (χ0) is 13.4. The summed E-state index contributed by atoms with van der Waals surface area (Å²) in [6, 6.07) is 13.0. The molecule has 0 fully saturated rings. The van der Waals surface area contributed by atoms with E-state index in [9.17, 15) is 9.50 Å². The number of aliphatic hydroxyl groups is 1. The molecule has 0 saturated heterocycles. The first-order chi connectivity index (χ1) is 9.16. The average Bonchev–Trinajstić information content (AvgIpc) is 2.36. The first kappa shape index (κ1) is 12.6. The second kappa shape index (κ2) is 4.95. The Morgan fingerprint density at radius 3 is 2.79 bits per heavy atom. The van der Waals surface area contributed by atoms with E-state index in [1.165, 1.54) is 17.2 Å². The molecule has 1 nitrogen and oxygen atoms in total. The summed E-state index contributed by atoms with van der Waals surface area (Å²) in [7, 11) is 0. The van der Waals surface area contributed by atoms with Crippen molar-refractivity contribution in [3.05, 3.63) is 70.0 Å². The van der Waals surface area contributed by atoms with Crippen molar-refractivity contribution < 1.29 is 9.50 Å². The third kappa shape index (κ3) is 2.26. The van der Waals surface area contributed by atoms with Gasteiger partial charge in [0.1, 0.15) is 5.82 Å². The Balaban J connectivity index is 1.77. The minimum Gasteiger partial charge on any atom is -0.392 e. The number of aliphatic hydroxyl groups excluding tert-OH is 1. The highest BCUT2D eigenvalue weighted by molar-refractivity contribution is 6.30. The number of hydrogen-bond donors (Lipinski definition) is 1. The fraction of sp³-hybridized carbons (Fsp3) is 0.250. The molecule has 2 atom stereocenters. The summed E-state index contributed by atoms with van der Waals surface area (Å²) in [6.45, 7) is 0. The van der Waals surface area contributed by atoms with Gasteiger partial charge in [0.15, 0.2) is 0 Å². The Hall–Kier alpha value is -1.38. The van der Waals surface area contributed by atoms with Gasteiger partial charge in [0.25, 0.3) is 0 Å². The molecule has 98 valence electrons. The van der Waals surface area contributed by atoms with E-state index in [1.54, 1.807) is 12.1 Å². The highest BCUT2D eigenvalue weighted by atomic mass is 35.5. The van der Waals surface area contributed by atoms with Crippen LogP contribution in [0, 0.1) is 5.82 Å². The van der Waals surface area contributed by atoms with Crippen molar-refractivity contribution in [3.8, 4) is 0 Å². The molecular formula is C16H14ClFO. The molecule has 0 aliphatic heterocycles. The molecule has 1 aliphatic carbocycles. The third-order valence-electron chi connectivity index (χ3n) is 3.82. The van der Waals surface area contributed by atoms with Gasteiger partial charge in [-0.1, -0.05) is 48.0 Å². The molecule has 0 heterocycles. The van der Waals surface area contributed by atoms with E-state index in [-0.39, 0.29) is 10.9 Å². The lowest BCUT2D eigenvalue weighted by Crippen LogP contribution is -2.30. The van der Waals surface area contributed by atoms with E-state index in [0.717, 1.165) is 6.42 Å². The van der Waals surface area contributed by atoms with Crippen molar-refractivity contribution >= 4 is 11.6 Å². The minimum absolute atomic E-state index is 0.106. The molecule has 0 aromatic heterocycles. The van der Waals surface area contributed by atoms with Gasteiger partial charge in [-0.3, -0.25) is 0 Å². The number of benzene rings is 2. The van der Waals surface area contributed by atoms with Crippen LogP contribution in [0.2, 0.25) is 5.02 Å². The van der Waals surface area contributed by atoms with Gasteiger partial charge in [-0.15, -0.1) is 0 Å². The van der Waals surface area contributed by atoms with Crippen molar-refractivity contribution in [3.63, 3.8) is 0 Å². The normalized spacial score (nSPS) is 18.6. The summed E-state index contributed by atoms with van der Waals surface area (Å²) in [5.41, 5.74) is 2.93. The van der Waals surface area contributed by atoms with Gasteiger partial charge in [-0.25, -0.2) is 4.39 Å². The fourth-order valence-electron chi connectivity index (χ4n) is 2.71. The van der Waals surface area contributed by atoms with Crippen LogP contribution in [-0.4, -0.2) is 11.2 Å². The third-order valence-corrected chi connectivity index (χ3v) is 4.11. The predicted molar refractivity (Wildman–Crippen MR) is 74.0 cm³/mol. The summed E-state index contributed by atoms with van der Waals surface area (Å²) in [4.78, 5) is 0. The van der Waals surface area contributed by atoms with Crippen LogP contribution in [0.1, 0.15) is 22.6 Å². The van der Waals surface area contributed by atoms with E-state index < -0.39 is 11.9 Å². The summed E-state index contributed by atoms with van der Waals surface area (Å²) in [5.74, 6) is -0.314. The average molecular weight is 277 g/mol. The molecule has 19 heavy (non-hydrogen) atoms. The van der Waals surface area contributed by atoms with Crippen LogP contribution in [0.5, 0.6) is 0 Å². The Kier molecular flexibility index (Phi) is 3.29. The van der Waals surface area contributed by atoms with Crippen molar-refractivity contribution in [2.45, 2.75) is 24.9 Å². The van der Waals surface area contributed by atoms with Crippen LogP contribution in [0.25, 0.3) is 0 Å². The first-order valence-electron chi connectivity index (χ1n) is 6.35. The lowest BCUT2D eigenvalue weighted by molar-refractivity contribution is 0.132. The molecular weight excluding hydrogens is 263 g/mol. The maximum absolute atomic E-state index is 13.8. The van der Waals surface area contributed by atoms with Gasteiger partial charge < -0.3 is 5.11 Å². The summed E-state index contributed by atoms with van der Waals surface area (Å²) < 4.78 is 13.8. The van der Waals surface area contributed by atoms with Gasteiger partial charge in [-0.2, -0.15) is 0 Å². The molecule has 3 rings (SSSR count). The molecule has 0 saturated carbocycles. The van der Waals surface area contributed by atoms with E-state index in [0.29, 0.717) is 12.0 Å². The van der Waals surface area contributed by atoms with E-state index in [2.05, 4.69) is 6.07 Å². The van der Waals surface area contributed by atoms with Crippen LogP contribution < -0.4 is 0 Å². The zero-order valence-corrected chi connectivity index (χ0v) is 11.1. The SMILES string of the molecule is OC(Cc1cccc(Cl)c1F)C1Cc2ccccc21. The van der Waals surface area contributed by atoms with Crippen molar-refractivity contribution in [1.29, 1.82) is 0 Å². The Labute approximate surface area is 116 Å². The molecule has 0 bridgehead atoms. The van der Waals surface area contributed by atoms with Gasteiger partial charge in [0.05, 0.1) is 11.1 Å². The number of halogens is 2. The summed E-state index contributed by atoms with van der Waals surface area (Å²) in [6.07, 6.45) is 0.591. The van der Waals surface area contributed by atoms with E-state index >= 15 is 0 Å². The second-order valence-corrected chi connectivity index (χ2v) is 5.40. The summed E-state index contributed by atoms with van der Waals surface area (Å²) in [5, 5.41) is 10.4. The Bertz CT molecular complexity index is 611. The lowest BCUT2D eigenvalue weighted by Gasteiger charge is -2.34. The second-order valence-electron chi connectivity index (χ2n) is 4.99. The molecule has 2 aromatic rings. The van der Waals surface area contributed by atoms with E-state index in [4.69, 9.17) is 11.6 Å². The Morgan fingerprint density at radius 2 is 2.00 bits per heavy atom. The standard InChI is InChI=1S/C16H14ClFO/c17-14-7-3-5-11(16(14)18)9-15(19)13-8-10-4-1-2-6-12(10)13/h1-7,13,15,19H,8-9H2. The van der Waals surface area contributed by atoms with Crippen LogP contribution in [-0.2, 0) is 12.8 Å². The molecule has 0 radical (unpaired) electrons. The topological polar surface area (TPSA) is 20.2 Å². The lowest BCUT2D eigenvalue weighted by atomic mass is 9.73. The van der Waals surface area contributed by atoms with Crippen LogP contribution in [0.15, 0.2) is 42.5 Å². The smallest absolute Gasteiger partial charge is 0.145 e. The highest BCUT2D eigenvalue weighted by Gasteiger charge is 2.32. The molecule has 1 aliphatic rings. The van der Waals surface area contributed by atoms with Crippen molar-refractivity contribution in [1.82, 2.24) is 0 Å². The van der Waals surface area contributed by atoms with Crippen molar-refractivity contribution in [2.75, 3.05) is 0 Å². The van der Waals surface area contributed by atoms with Gasteiger partial charge in [-0.05, 0) is 29.2 Å². The number of hydrogen-bond acceptors (Lipinski definition) is 1. The molecule has 1 N–H and O–H groups in total. The maximum atomic E-state index is 13.8. The molecule has 2 aromatic carbocycles. The van der Waals surface area contributed by atoms with Crippen LogP contribution in [0.4, 0.5) is 4.39 Å². The highest BCUT2D eigenvalue weighted by Crippen LogP contribution is 2.38. The zero-order valence-electron chi connectivity index (χ0n) is 10.3. The predicted octanol–water partition coefficient (Wildman–Crippen LogP) is 3.72. The number of fused-ring (bicyclic) bond motifs is 1. The molecule has 2 unspecified atom stereocenters. The monoisotopic (exact) mass is 276 g/mol. The molecule has 3 heteroatoms. The maximum Gasteiger partial charge on any atom is 0.145 e. The van der Waals surface area contributed by atoms with Gasteiger partial charge in [0, 0.05) is 12.3 Å². The molecule has 0 amide bonds. The van der Waals surface area contributed by atoms with Gasteiger partial charge in [0.2, 0.25) is 0 Å².